The molecule has 0 aromatic heterocycles. The van der Waals surface area contributed by atoms with Crippen molar-refractivity contribution in [3.8, 4) is 0 Å². The lowest BCUT2D eigenvalue weighted by Crippen LogP contribution is -2.46. The summed E-state index contributed by atoms with van der Waals surface area (Å²) in [7, 11) is 1.39. The minimum atomic E-state index is -0.810. The Bertz CT molecular complexity index is 278. The van der Waals surface area contributed by atoms with Crippen LogP contribution in [0.5, 0.6) is 0 Å². The Morgan fingerprint density at radius 3 is 2.76 bits per heavy atom. The van der Waals surface area contributed by atoms with E-state index in [1.807, 2.05) is 0 Å². The highest BCUT2D eigenvalue weighted by molar-refractivity contribution is 5.80. The average molecular weight is 241 g/mol. The minimum Gasteiger partial charge on any atom is -0.468 e. The molecule has 4 heteroatoms. The van der Waals surface area contributed by atoms with Crippen LogP contribution in [0, 0.1) is 5.92 Å². The SMILES string of the molecule is COC(=O)C1(N)CCC(OCCC2CCC2)C1. The molecule has 4 nitrogen and oxygen atoms in total. The summed E-state index contributed by atoms with van der Waals surface area (Å²) < 4.78 is 10.5. The summed E-state index contributed by atoms with van der Waals surface area (Å²) in [4.78, 5) is 11.5. The van der Waals surface area contributed by atoms with Gasteiger partial charge in [0.25, 0.3) is 0 Å². The van der Waals surface area contributed by atoms with Crippen LogP contribution in [0.2, 0.25) is 0 Å². The van der Waals surface area contributed by atoms with Gasteiger partial charge in [-0.15, -0.1) is 0 Å². The molecule has 0 saturated heterocycles. The summed E-state index contributed by atoms with van der Waals surface area (Å²) in [6.45, 7) is 0.812. The first kappa shape index (κ1) is 12.8. The van der Waals surface area contributed by atoms with Crippen LogP contribution < -0.4 is 5.73 Å². The molecule has 17 heavy (non-hydrogen) atoms. The first-order valence-electron chi connectivity index (χ1n) is 6.63. The summed E-state index contributed by atoms with van der Waals surface area (Å²) in [5.41, 5.74) is 5.21. The molecule has 98 valence electrons. The highest BCUT2D eigenvalue weighted by Crippen LogP contribution is 2.32. The van der Waals surface area contributed by atoms with Crippen LogP contribution >= 0.6 is 0 Å². The van der Waals surface area contributed by atoms with Crippen molar-refractivity contribution in [2.45, 2.75) is 56.6 Å². The molecular weight excluding hydrogens is 218 g/mol. The van der Waals surface area contributed by atoms with Crippen molar-refractivity contribution in [3.05, 3.63) is 0 Å². The third-order valence-electron chi connectivity index (χ3n) is 4.20. The van der Waals surface area contributed by atoms with Crippen molar-refractivity contribution in [1.82, 2.24) is 0 Å². The molecule has 2 fully saturated rings. The number of rotatable bonds is 5. The van der Waals surface area contributed by atoms with E-state index in [4.69, 9.17) is 15.2 Å². The molecule has 2 rings (SSSR count). The first-order valence-corrected chi connectivity index (χ1v) is 6.63. The molecule has 0 radical (unpaired) electrons. The maximum atomic E-state index is 11.5. The lowest BCUT2D eigenvalue weighted by atomic mass is 9.83. The monoisotopic (exact) mass is 241 g/mol. The summed E-state index contributed by atoms with van der Waals surface area (Å²) in [6, 6.07) is 0. The van der Waals surface area contributed by atoms with E-state index in [2.05, 4.69) is 0 Å². The van der Waals surface area contributed by atoms with Gasteiger partial charge < -0.3 is 15.2 Å². The highest BCUT2D eigenvalue weighted by atomic mass is 16.5. The zero-order valence-corrected chi connectivity index (χ0v) is 10.6. The zero-order valence-electron chi connectivity index (χ0n) is 10.6. The van der Waals surface area contributed by atoms with Crippen molar-refractivity contribution in [1.29, 1.82) is 0 Å². The van der Waals surface area contributed by atoms with Gasteiger partial charge in [-0.25, -0.2) is 0 Å². The normalized spacial score (nSPS) is 33.4. The summed E-state index contributed by atoms with van der Waals surface area (Å²) in [5.74, 6) is 0.572. The van der Waals surface area contributed by atoms with Gasteiger partial charge in [-0.3, -0.25) is 4.79 Å². The molecule has 2 atom stereocenters. The molecule has 2 aliphatic carbocycles. The molecule has 0 amide bonds. The largest absolute Gasteiger partial charge is 0.468 e. The number of carbonyl (C=O) groups excluding carboxylic acids is 1. The van der Waals surface area contributed by atoms with E-state index in [-0.39, 0.29) is 12.1 Å². The lowest BCUT2D eigenvalue weighted by Gasteiger charge is -2.26. The van der Waals surface area contributed by atoms with E-state index in [1.165, 1.54) is 26.4 Å². The van der Waals surface area contributed by atoms with Gasteiger partial charge in [-0.05, 0) is 25.2 Å². The molecule has 0 bridgehead atoms. The predicted molar refractivity (Wildman–Crippen MR) is 64.5 cm³/mol. The summed E-state index contributed by atoms with van der Waals surface area (Å²) >= 11 is 0. The molecule has 0 aliphatic heterocycles. The van der Waals surface area contributed by atoms with E-state index < -0.39 is 5.54 Å². The fourth-order valence-electron chi connectivity index (χ4n) is 2.74. The standard InChI is InChI=1S/C13H23NO3/c1-16-12(15)13(14)7-5-11(9-13)17-8-6-10-3-2-4-10/h10-11H,2-9,14H2,1H3. The van der Waals surface area contributed by atoms with E-state index in [1.54, 1.807) is 0 Å². The molecule has 2 unspecified atom stereocenters. The Kier molecular flexibility index (Phi) is 4.05. The number of carbonyl (C=O) groups is 1. The third-order valence-corrected chi connectivity index (χ3v) is 4.20. The Labute approximate surface area is 103 Å². The average Bonchev–Trinajstić information content (AvgIpc) is 2.64. The fraction of sp³-hybridized carbons (Fsp3) is 0.923. The van der Waals surface area contributed by atoms with Crippen molar-refractivity contribution in [2.24, 2.45) is 11.7 Å². The molecule has 2 aliphatic rings. The number of methoxy groups -OCH3 is 1. The molecule has 2 N–H and O–H groups in total. The number of nitrogens with two attached hydrogens (primary N) is 1. The fourth-order valence-corrected chi connectivity index (χ4v) is 2.74. The van der Waals surface area contributed by atoms with Crippen LogP contribution in [0.25, 0.3) is 0 Å². The summed E-state index contributed by atoms with van der Waals surface area (Å²) in [6.07, 6.45) is 7.54. The first-order chi connectivity index (χ1) is 8.14. The van der Waals surface area contributed by atoms with Crippen molar-refractivity contribution in [3.63, 3.8) is 0 Å². The highest BCUT2D eigenvalue weighted by Gasteiger charge is 2.43. The second-order valence-electron chi connectivity index (χ2n) is 5.47. The van der Waals surface area contributed by atoms with Gasteiger partial charge in [-0.1, -0.05) is 19.3 Å². The van der Waals surface area contributed by atoms with E-state index in [0.717, 1.165) is 25.4 Å². The van der Waals surface area contributed by atoms with Crippen molar-refractivity contribution >= 4 is 5.97 Å². The van der Waals surface area contributed by atoms with Crippen molar-refractivity contribution < 1.29 is 14.3 Å². The lowest BCUT2D eigenvalue weighted by molar-refractivity contribution is -0.147. The molecule has 0 heterocycles. The van der Waals surface area contributed by atoms with Crippen LogP contribution in [0.1, 0.15) is 44.9 Å². The van der Waals surface area contributed by atoms with Gasteiger partial charge >= 0.3 is 5.97 Å². The van der Waals surface area contributed by atoms with E-state index in [0.29, 0.717) is 12.8 Å². The maximum absolute atomic E-state index is 11.5. The molecule has 2 saturated carbocycles. The van der Waals surface area contributed by atoms with Gasteiger partial charge in [0, 0.05) is 13.0 Å². The van der Waals surface area contributed by atoms with Gasteiger partial charge in [0.15, 0.2) is 0 Å². The number of hydrogen-bond donors (Lipinski definition) is 1. The number of esters is 1. The Hall–Kier alpha value is -0.610. The van der Waals surface area contributed by atoms with Gasteiger partial charge in [0.05, 0.1) is 13.2 Å². The Balaban J connectivity index is 1.68. The molecule has 0 aromatic carbocycles. The predicted octanol–water partition coefficient (Wildman–Crippen LogP) is 1.62. The van der Waals surface area contributed by atoms with Crippen molar-refractivity contribution in [2.75, 3.05) is 13.7 Å². The van der Waals surface area contributed by atoms with E-state index in [9.17, 15) is 4.79 Å². The molecular formula is C13H23NO3. The minimum absolute atomic E-state index is 0.138. The molecule has 0 aromatic rings. The van der Waals surface area contributed by atoms with Crippen LogP contribution in [0.15, 0.2) is 0 Å². The maximum Gasteiger partial charge on any atom is 0.325 e. The third kappa shape index (κ3) is 2.99. The topological polar surface area (TPSA) is 61.5 Å². The Morgan fingerprint density at radius 2 is 2.18 bits per heavy atom. The van der Waals surface area contributed by atoms with Crippen LogP contribution in [-0.4, -0.2) is 31.3 Å². The second kappa shape index (κ2) is 5.36. The van der Waals surface area contributed by atoms with E-state index >= 15 is 0 Å². The van der Waals surface area contributed by atoms with Crippen LogP contribution in [0.4, 0.5) is 0 Å². The molecule has 0 spiro atoms. The quantitative estimate of drug-likeness (QED) is 0.743. The Morgan fingerprint density at radius 1 is 1.41 bits per heavy atom. The number of hydrogen-bond acceptors (Lipinski definition) is 4. The number of ether oxygens (including phenoxy) is 2. The van der Waals surface area contributed by atoms with Gasteiger partial charge in [0.1, 0.15) is 5.54 Å². The second-order valence-corrected chi connectivity index (χ2v) is 5.47. The van der Waals surface area contributed by atoms with Gasteiger partial charge in [0.2, 0.25) is 0 Å². The smallest absolute Gasteiger partial charge is 0.325 e. The zero-order chi connectivity index (χ0) is 12.3. The van der Waals surface area contributed by atoms with Crippen LogP contribution in [-0.2, 0) is 14.3 Å². The van der Waals surface area contributed by atoms with Crippen LogP contribution in [0.3, 0.4) is 0 Å². The summed E-state index contributed by atoms with van der Waals surface area (Å²) in [5, 5.41) is 0. The van der Waals surface area contributed by atoms with Gasteiger partial charge in [-0.2, -0.15) is 0 Å².